The summed E-state index contributed by atoms with van der Waals surface area (Å²) in [6.45, 7) is 11.2. The van der Waals surface area contributed by atoms with E-state index < -0.39 is 5.97 Å². The Kier molecular flexibility index (Phi) is 5.11. The van der Waals surface area contributed by atoms with Crippen LogP contribution in [0.2, 0.25) is 0 Å². The Balaban J connectivity index is 2.14. The molecule has 1 amide bonds. The summed E-state index contributed by atoms with van der Waals surface area (Å²) in [5.74, 6) is -0.0165. The summed E-state index contributed by atoms with van der Waals surface area (Å²) in [7, 11) is 0. The molecule has 2 aromatic rings. The molecule has 2 heterocycles. The molecule has 0 unspecified atom stereocenters. The van der Waals surface area contributed by atoms with E-state index >= 15 is 0 Å². The van der Waals surface area contributed by atoms with Crippen LogP contribution in [0.3, 0.4) is 0 Å². The van der Waals surface area contributed by atoms with Crippen LogP contribution in [-0.4, -0.2) is 32.9 Å². The molecular weight excluding hydrogens is 308 g/mol. The van der Waals surface area contributed by atoms with E-state index in [1.54, 1.807) is 27.7 Å². The van der Waals surface area contributed by atoms with Crippen molar-refractivity contribution in [1.29, 1.82) is 0 Å². The second kappa shape index (κ2) is 6.90. The fraction of sp³-hybridized carbons (Fsp3) is 0.471. The first-order valence-corrected chi connectivity index (χ1v) is 7.91. The Morgan fingerprint density at radius 3 is 2.33 bits per heavy atom. The van der Waals surface area contributed by atoms with Crippen LogP contribution in [0.15, 0.2) is 0 Å². The van der Waals surface area contributed by atoms with Crippen LogP contribution in [0.1, 0.15) is 63.2 Å². The fourth-order valence-electron chi connectivity index (χ4n) is 2.51. The smallest absolute Gasteiger partial charge is 0.340 e. The number of hydrogen-bond donors (Lipinski definition) is 3. The molecule has 0 spiro atoms. The molecule has 0 bridgehead atoms. The molecule has 7 heteroatoms. The van der Waals surface area contributed by atoms with Crippen molar-refractivity contribution in [2.75, 3.05) is 0 Å². The lowest BCUT2D eigenvalue weighted by Crippen LogP contribution is -2.24. The van der Waals surface area contributed by atoms with Gasteiger partial charge >= 0.3 is 5.97 Å². The molecule has 24 heavy (non-hydrogen) atoms. The van der Waals surface area contributed by atoms with Gasteiger partial charge in [-0.2, -0.15) is 0 Å². The number of rotatable bonds is 5. The minimum atomic E-state index is -0.424. The number of aromatic nitrogens is 3. The normalized spacial score (nSPS) is 11.0. The van der Waals surface area contributed by atoms with Gasteiger partial charge in [0.1, 0.15) is 11.5 Å². The summed E-state index contributed by atoms with van der Waals surface area (Å²) in [4.78, 5) is 35.0. The Hall–Kier alpha value is -2.57. The van der Waals surface area contributed by atoms with E-state index in [2.05, 4.69) is 20.3 Å². The molecule has 2 rings (SSSR count). The monoisotopic (exact) mass is 332 g/mol. The number of nitrogens with one attached hydrogen (secondary N) is 3. The predicted octanol–water partition coefficient (Wildman–Crippen LogP) is 2.47. The number of nitrogens with zero attached hydrogens (tertiary/aromatic N) is 1. The van der Waals surface area contributed by atoms with E-state index in [-0.39, 0.29) is 18.6 Å². The van der Waals surface area contributed by atoms with Crippen LogP contribution < -0.4 is 5.32 Å². The van der Waals surface area contributed by atoms with Gasteiger partial charge in [0.15, 0.2) is 0 Å². The SMILES string of the molecule is Cc1nc(CNC(=O)c2[nH]c(C)c(C(=O)OC(C)C)c2C)[nH]c1C. The summed E-state index contributed by atoms with van der Waals surface area (Å²) in [5.41, 5.74) is 3.87. The van der Waals surface area contributed by atoms with Crippen LogP contribution in [0.5, 0.6) is 0 Å². The third-order valence-electron chi connectivity index (χ3n) is 3.80. The van der Waals surface area contributed by atoms with Crippen molar-refractivity contribution < 1.29 is 14.3 Å². The van der Waals surface area contributed by atoms with E-state index in [0.717, 1.165) is 11.4 Å². The predicted molar refractivity (Wildman–Crippen MR) is 90.1 cm³/mol. The molecule has 0 aliphatic rings. The van der Waals surface area contributed by atoms with E-state index in [4.69, 9.17) is 4.74 Å². The van der Waals surface area contributed by atoms with Gasteiger partial charge in [0.05, 0.1) is 23.9 Å². The van der Waals surface area contributed by atoms with Crippen molar-refractivity contribution in [2.45, 2.75) is 54.2 Å². The Bertz CT molecular complexity index is 752. The van der Waals surface area contributed by atoms with Crippen molar-refractivity contribution in [3.05, 3.63) is 39.7 Å². The Morgan fingerprint density at radius 2 is 1.79 bits per heavy atom. The zero-order valence-corrected chi connectivity index (χ0v) is 15.0. The van der Waals surface area contributed by atoms with E-state index in [9.17, 15) is 9.59 Å². The minimum absolute atomic E-state index is 0.214. The molecule has 0 saturated carbocycles. The number of hydrogen-bond acceptors (Lipinski definition) is 4. The van der Waals surface area contributed by atoms with Crippen LogP contribution in [-0.2, 0) is 11.3 Å². The molecular formula is C17H24N4O3. The molecule has 0 saturated heterocycles. The number of esters is 1. The molecule has 0 aliphatic carbocycles. The number of amides is 1. The molecule has 2 aromatic heterocycles. The van der Waals surface area contributed by atoms with Gasteiger partial charge in [0.25, 0.3) is 5.91 Å². The van der Waals surface area contributed by atoms with Gasteiger partial charge in [-0.15, -0.1) is 0 Å². The third kappa shape index (κ3) is 3.67. The first kappa shape index (κ1) is 17.8. The van der Waals surface area contributed by atoms with Gasteiger partial charge < -0.3 is 20.0 Å². The first-order valence-electron chi connectivity index (χ1n) is 7.91. The zero-order valence-electron chi connectivity index (χ0n) is 15.0. The number of imidazole rings is 1. The van der Waals surface area contributed by atoms with E-state index in [1.807, 2.05) is 13.8 Å². The van der Waals surface area contributed by atoms with Gasteiger partial charge in [-0.3, -0.25) is 4.79 Å². The summed E-state index contributed by atoms with van der Waals surface area (Å²) in [6.07, 6.45) is -0.214. The highest BCUT2D eigenvalue weighted by Crippen LogP contribution is 2.19. The van der Waals surface area contributed by atoms with Gasteiger partial charge in [-0.05, 0) is 47.1 Å². The Morgan fingerprint density at radius 1 is 1.12 bits per heavy atom. The number of carbonyl (C=O) groups excluding carboxylic acids is 2. The number of aryl methyl sites for hydroxylation is 3. The number of carbonyl (C=O) groups is 2. The summed E-state index contributed by atoms with van der Waals surface area (Å²) < 4.78 is 5.23. The quantitative estimate of drug-likeness (QED) is 0.732. The van der Waals surface area contributed by atoms with Crippen LogP contribution in [0, 0.1) is 27.7 Å². The Labute approximate surface area is 141 Å². The molecule has 130 valence electrons. The average Bonchev–Trinajstić information content (AvgIpc) is 2.95. The lowest BCUT2D eigenvalue weighted by atomic mass is 10.1. The van der Waals surface area contributed by atoms with Crippen molar-refractivity contribution in [2.24, 2.45) is 0 Å². The van der Waals surface area contributed by atoms with Crippen molar-refractivity contribution >= 4 is 11.9 Å². The number of H-pyrrole nitrogens is 2. The van der Waals surface area contributed by atoms with Crippen LogP contribution in [0.25, 0.3) is 0 Å². The number of ether oxygens (including phenoxy) is 1. The second-order valence-corrected chi connectivity index (χ2v) is 6.16. The highest BCUT2D eigenvalue weighted by atomic mass is 16.5. The maximum atomic E-state index is 12.4. The highest BCUT2D eigenvalue weighted by Gasteiger charge is 2.23. The molecule has 0 radical (unpaired) electrons. The van der Waals surface area contributed by atoms with Crippen molar-refractivity contribution in [1.82, 2.24) is 20.3 Å². The van der Waals surface area contributed by atoms with Crippen LogP contribution >= 0.6 is 0 Å². The lowest BCUT2D eigenvalue weighted by Gasteiger charge is -2.08. The summed E-state index contributed by atoms with van der Waals surface area (Å²) in [6, 6.07) is 0. The molecule has 0 aromatic carbocycles. The minimum Gasteiger partial charge on any atom is -0.459 e. The van der Waals surface area contributed by atoms with E-state index in [1.165, 1.54) is 0 Å². The lowest BCUT2D eigenvalue weighted by molar-refractivity contribution is 0.0376. The highest BCUT2D eigenvalue weighted by molar-refractivity contribution is 6.00. The van der Waals surface area contributed by atoms with Crippen LogP contribution in [0.4, 0.5) is 0 Å². The largest absolute Gasteiger partial charge is 0.459 e. The van der Waals surface area contributed by atoms with Crippen molar-refractivity contribution in [3.63, 3.8) is 0 Å². The van der Waals surface area contributed by atoms with Gasteiger partial charge in [0, 0.05) is 11.4 Å². The van der Waals surface area contributed by atoms with E-state index in [0.29, 0.717) is 28.3 Å². The van der Waals surface area contributed by atoms with Gasteiger partial charge in [-0.1, -0.05) is 0 Å². The van der Waals surface area contributed by atoms with Crippen molar-refractivity contribution in [3.8, 4) is 0 Å². The average molecular weight is 332 g/mol. The topological polar surface area (TPSA) is 99.9 Å². The fourth-order valence-corrected chi connectivity index (χ4v) is 2.51. The molecule has 0 aliphatic heterocycles. The van der Waals surface area contributed by atoms with Gasteiger partial charge in [0.2, 0.25) is 0 Å². The molecule has 3 N–H and O–H groups in total. The number of aromatic amines is 2. The summed E-state index contributed by atoms with van der Waals surface area (Å²) >= 11 is 0. The molecule has 0 fully saturated rings. The zero-order chi connectivity index (χ0) is 18.0. The van der Waals surface area contributed by atoms with Gasteiger partial charge in [-0.25, -0.2) is 9.78 Å². The first-order chi connectivity index (χ1) is 11.2. The third-order valence-corrected chi connectivity index (χ3v) is 3.80. The standard InChI is InChI=1S/C17H24N4O3/c1-8(2)24-17(23)14-9(3)15(21-12(14)6)16(22)18-7-13-19-10(4)11(5)20-13/h8,21H,7H2,1-6H3,(H,18,22)(H,19,20). The molecule has 7 nitrogen and oxygen atoms in total. The summed E-state index contributed by atoms with van der Waals surface area (Å²) in [5, 5.41) is 2.80. The maximum absolute atomic E-state index is 12.4. The maximum Gasteiger partial charge on any atom is 0.340 e. The second-order valence-electron chi connectivity index (χ2n) is 6.16. The molecule has 0 atom stereocenters.